The van der Waals surface area contributed by atoms with Gasteiger partial charge in [0.1, 0.15) is 5.75 Å². The van der Waals surface area contributed by atoms with Gasteiger partial charge in [-0.2, -0.15) is 0 Å². The van der Waals surface area contributed by atoms with Crippen LogP contribution in [0.3, 0.4) is 0 Å². The van der Waals surface area contributed by atoms with Crippen molar-refractivity contribution in [2.45, 2.75) is 13.3 Å². The molecule has 4 nitrogen and oxygen atoms in total. The van der Waals surface area contributed by atoms with E-state index in [-0.39, 0.29) is 11.1 Å². The molecule has 1 aliphatic heterocycles. The second-order valence-electron chi connectivity index (χ2n) is 4.35. The highest BCUT2D eigenvalue weighted by atomic mass is 79.9. The number of rotatable bonds is 4. The lowest BCUT2D eigenvalue weighted by atomic mass is 10.2. The van der Waals surface area contributed by atoms with E-state index in [9.17, 15) is 9.59 Å². The summed E-state index contributed by atoms with van der Waals surface area (Å²) in [6, 6.07) is 3.69. The van der Waals surface area contributed by atoms with E-state index in [1.165, 1.54) is 4.90 Å². The zero-order chi connectivity index (χ0) is 15.6. The summed E-state index contributed by atoms with van der Waals surface area (Å²) in [5, 5.41) is -0.209. The van der Waals surface area contributed by atoms with Gasteiger partial charge in [-0.05, 0) is 73.8 Å². The Morgan fingerprint density at radius 2 is 1.90 bits per heavy atom. The lowest BCUT2D eigenvalue weighted by Gasteiger charge is -2.09. The third kappa shape index (κ3) is 3.52. The minimum atomic E-state index is -0.227. The van der Waals surface area contributed by atoms with Crippen LogP contribution in [-0.2, 0) is 4.79 Å². The van der Waals surface area contributed by atoms with E-state index in [2.05, 4.69) is 31.9 Å². The highest BCUT2D eigenvalue weighted by Gasteiger charge is 2.34. The van der Waals surface area contributed by atoms with Gasteiger partial charge in [0.05, 0.1) is 21.0 Å². The summed E-state index contributed by atoms with van der Waals surface area (Å²) < 4.78 is 6.79. The van der Waals surface area contributed by atoms with Crippen molar-refractivity contribution in [1.29, 1.82) is 0 Å². The van der Waals surface area contributed by atoms with Crippen molar-refractivity contribution in [2.24, 2.45) is 0 Å². The largest absolute Gasteiger partial charge is 0.494 e. The van der Waals surface area contributed by atoms with E-state index < -0.39 is 0 Å². The van der Waals surface area contributed by atoms with Crippen LogP contribution in [0.4, 0.5) is 4.79 Å². The number of halogens is 2. The van der Waals surface area contributed by atoms with Gasteiger partial charge in [-0.1, -0.05) is 6.92 Å². The van der Waals surface area contributed by atoms with Crippen LogP contribution in [0.25, 0.3) is 6.08 Å². The van der Waals surface area contributed by atoms with Crippen LogP contribution < -0.4 is 4.74 Å². The Labute approximate surface area is 144 Å². The molecule has 0 unspecified atom stereocenters. The fraction of sp³-hybridized carbons (Fsp3) is 0.286. The number of methoxy groups -OCH3 is 1. The maximum atomic E-state index is 12.2. The summed E-state index contributed by atoms with van der Waals surface area (Å²) in [6.45, 7) is 2.39. The topological polar surface area (TPSA) is 46.6 Å². The second kappa shape index (κ2) is 6.98. The summed E-state index contributed by atoms with van der Waals surface area (Å²) in [7, 11) is 1.58. The van der Waals surface area contributed by atoms with Crippen molar-refractivity contribution in [1.82, 2.24) is 4.90 Å². The standard InChI is InChI=1S/C14H13Br2NO3S/c1-3-4-17-13(18)11(21-14(17)19)7-8-5-9(15)12(20-2)10(16)6-8/h5-7H,3-4H2,1-2H3/b11-7+. The van der Waals surface area contributed by atoms with Crippen molar-refractivity contribution in [2.75, 3.05) is 13.7 Å². The van der Waals surface area contributed by atoms with Crippen molar-refractivity contribution < 1.29 is 14.3 Å². The second-order valence-corrected chi connectivity index (χ2v) is 7.05. The van der Waals surface area contributed by atoms with Gasteiger partial charge in [0.2, 0.25) is 0 Å². The van der Waals surface area contributed by atoms with E-state index in [0.717, 1.165) is 32.7 Å². The highest BCUT2D eigenvalue weighted by molar-refractivity contribution is 9.11. The Kier molecular flexibility index (Phi) is 5.51. The molecule has 0 N–H and O–H groups in total. The molecule has 0 spiro atoms. The summed E-state index contributed by atoms with van der Waals surface area (Å²) in [5.74, 6) is 0.459. The molecule has 2 amide bonds. The van der Waals surface area contributed by atoms with Crippen LogP contribution in [-0.4, -0.2) is 29.7 Å². The Hall–Kier alpha value is -0.790. The van der Waals surface area contributed by atoms with Crippen LogP contribution in [0.1, 0.15) is 18.9 Å². The number of imide groups is 1. The molecule has 0 bridgehead atoms. The molecular weight excluding hydrogens is 422 g/mol. The molecule has 112 valence electrons. The number of thioether (sulfide) groups is 1. The van der Waals surface area contributed by atoms with Gasteiger partial charge in [0, 0.05) is 6.54 Å². The zero-order valence-electron chi connectivity index (χ0n) is 11.5. The lowest BCUT2D eigenvalue weighted by molar-refractivity contribution is -0.122. The first kappa shape index (κ1) is 16.6. The molecule has 0 aromatic heterocycles. The molecule has 1 heterocycles. The van der Waals surface area contributed by atoms with Gasteiger partial charge in [0.25, 0.3) is 11.1 Å². The van der Waals surface area contributed by atoms with Crippen molar-refractivity contribution >= 4 is 60.8 Å². The number of hydrogen-bond donors (Lipinski definition) is 0. The highest BCUT2D eigenvalue weighted by Crippen LogP contribution is 2.37. The quantitative estimate of drug-likeness (QED) is 0.646. The molecular formula is C14H13Br2NO3S. The number of amides is 2. The van der Waals surface area contributed by atoms with Crippen molar-refractivity contribution in [3.05, 3.63) is 31.5 Å². The molecule has 7 heteroatoms. The number of hydrogen-bond acceptors (Lipinski definition) is 4. The Balaban J connectivity index is 2.33. The van der Waals surface area contributed by atoms with Crippen LogP contribution in [0.15, 0.2) is 26.0 Å². The number of ether oxygens (including phenoxy) is 1. The number of nitrogens with zero attached hydrogens (tertiary/aromatic N) is 1. The SMILES string of the molecule is CCCN1C(=O)S/C(=C/c2cc(Br)c(OC)c(Br)c2)C1=O. The molecule has 0 aliphatic carbocycles. The Morgan fingerprint density at radius 3 is 2.43 bits per heavy atom. The van der Waals surface area contributed by atoms with E-state index >= 15 is 0 Å². The summed E-state index contributed by atoms with van der Waals surface area (Å²) in [6.07, 6.45) is 2.47. The average Bonchev–Trinajstić information content (AvgIpc) is 2.66. The molecule has 0 radical (unpaired) electrons. The molecule has 1 saturated heterocycles. The first-order valence-electron chi connectivity index (χ1n) is 6.26. The van der Waals surface area contributed by atoms with Gasteiger partial charge in [-0.15, -0.1) is 0 Å². The van der Waals surface area contributed by atoms with Crippen LogP contribution in [0, 0.1) is 0 Å². The fourth-order valence-corrected chi connectivity index (χ4v) is 4.34. The molecule has 0 saturated carbocycles. The van der Waals surface area contributed by atoms with Gasteiger partial charge in [0.15, 0.2) is 0 Å². The predicted molar refractivity (Wildman–Crippen MR) is 91.4 cm³/mol. The van der Waals surface area contributed by atoms with Crippen LogP contribution in [0.5, 0.6) is 5.75 Å². The lowest BCUT2D eigenvalue weighted by Crippen LogP contribution is -2.28. The first-order chi connectivity index (χ1) is 9.97. The molecule has 1 aliphatic rings. The summed E-state index contributed by atoms with van der Waals surface area (Å²) >= 11 is 7.81. The monoisotopic (exact) mass is 433 g/mol. The minimum Gasteiger partial charge on any atom is -0.494 e. The molecule has 1 fully saturated rings. The molecule has 2 rings (SSSR count). The van der Waals surface area contributed by atoms with Crippen LogP contribution >= 0.6 is 43.6 Å². The smallest absolute Gasteiger partial charge is 0.293 e. The third-order valence-electron chi connectivity index (χ3n) is 2.84. The molecule has 0 atom stereocenters. The summed E-state index contributed by atoms with van der Waals surface area (Å²) in [4.78, 5) is 25.7. The molecule has 21 heavy (non-hydrogen) atoms. The zero-order valence-corrected chi connectivity index (χ0v) is 15.5. The maximum Gasteiger partial charge on any atom is 0.293 e. The number of carbonyl (C=O) groups is 2. The van der Waals surface area contributed by atoms with Crippen LogP contribution in [0.2, 0.25) is 0 Å². The number of benzene rings is 1. The minimum absolute atomic E-state index is 0.209. The van der Waals surface area contributed by atoms with Gasteiger partial charge < -0.3 is 4.74 Å². The van der Waals surface area contributed by atoms with E-state index in [4.69, 9.17) is 4.74 Å². The van der Waals surface area contributed by atoms with E-state index in [1.54, 1.807) is 13.2 Å². The maximum absolute atomic E-state index is 12.2. The predicted octanol–water partition coefficient (Wildman–Crippen LogP) is 4.67. The van der Waals surface area contributed by atoms with Gasteiger partial charge in [-0.3, -0.25) is 14.5 Å². The van der Waals surface area contributed by atoms with Crippen molar-refractivity contribution in [3.8, 4) is 5.75 Å². The normalized spacial score (nSPS) is 17.0. The number of carbonyl (C=O) groups excluding carboxylic acids is 2. The van der Waals surface area contributed by atoms with Crippen molar-refractivity contribution in [3.63, 3.8) is 0 Å². The first-order valence-corrected chi connectivity index (χ1v) is 8.66. The Bertz CT molecular complexity index is 608. The van der Waals surface area contributed by atoms with Gasteiger partial charge >= 0.3 is 0 Å². The Morgan fingerprint density at radius 1 is 1.29 bits per heavy atom. The van der Waals surface area contributed by atoms with E-state index in [1.807, 2.05) is 19.1 Å². The summed E-state index contributed by atoms with van der Waals surface area (Å²) in [5.41, 5.74) is 0.816. The van der Waals surface area contributed by atoms with Gasteiger partial charge in [-0.25, -0.2) is 0 Å². The third-order valence-corrected chi connectivity index (χ3v) is 4.93. The fourth-order valence-electron chi connectivity index (χ4n) is 1.93. The molecule has 1 aromatic rings. The molecule has 1 aromatic carbocycles. The van der Waals surface area contributed by atoms with E-state index in [0.29, 0.717) is 17.2 Å². The average molecular weight is 435 g/mol.